The Bertz CT molecular complexity index is 332. The lowest BCUT2D eigenvalue weighted by molar-refractivity contribution is -0.116. The Morgan fingerprint density at radius 1 is 1.31 bits per heavy atom. The first-order chi connectivity index (χ1) is 7.61. The number of nitrogens with one attached hydrogen (secondary N) is 2. The molecule has 0 fully saturated rings. The van der Waals surface area contributed by atoms with E-state index in [-0.39, 0.29) is 11.9 Å². The van der Waals surface area contributed by atoms with Gasteiger partial charge >= 0.3 is 0 Å². The van der Waals surface area contributed by atoms with Gasteiger partial charge in [-0.3, -0.25) is 4.79 Å². The molecule has 1 aromatic carbocycles. The summed E-state index contributed by atoms with van der Waals surface area (Å²) < 4.78 is 0. The van der Waals surface area contributed by atoms with Crippen LogP contribution in [0.2, 0.25) is 0 Å². The first-order valence-electron chi connectivity index (χ1n) is 5.71. The van der Waals surface area contributed by atoms with Gasteiger partial charge in [0.25, 0.3) is 0 Å². The molecule has 0 spiro atoms. The van der Waals surface area contributed by atoms with Crippen LogP contribution in [-0.4, -0.2) is 18.5 Å². The number of aryl methyl sites for hydroxylation is 1. The zero-order valence-electron chi connectivity index (χ0n) is 10.2. The van der Waals surface area contributed by atoms with E-state index in [9.17, 15) is 4.79 Å². The Hall–Kier alpha value is -1.35. The standard InChI is InChI=1S/C13H20N2O/c1-4-14-11(3)9-13(16)15-12-7-5-10(2)6-8-12/h5-8,11,14H,4,9H2,1-3H3,(H,15,16). The third kappa shape index (κ3) is 4.45. The minimum atomic E-state index is 0.0531. The lowest BCUT2D eigenvalue weighted by Crippen LogP contribution is -2.30. The molecule has 1 atom stereocenters. The van der Waals surface area contributed by atoms with Crippen molar-refractivity contribution in [1.29, 1.82) is 0 Å². The second kappa shape index (κ2) is 6.28. The van der Waals surface area contributed by atoms with Crippen LogP contribution in [0.25, 0.3) is 0 Å². The number of carbonyl (C=O) groups excluding carboxylic acids is 1. The van der Waals surface area contributed by atoms with Crippen LogP contribution in [0.4, 0.5) is 5.69 Å². The minimum absolute atomic E-state index is 0.0531. The number of hydrogen-bond acceptors (Lipinski definition) is 2. The van der Waals surface area contributed by atoms with Crippen LogP contribution in [0.1, 0.15) is 25.8 Å². The summed E-state index contributed by atoms with van der Waals surface area (Å²) in [6.07, 6.45) is 0.502. The SMILES string of the molecule is CCNC(C)CC(=O)Nc1ccc(C)cc1. The molecular formula is C13H20N2O. The molecule has 1 rings (SSSR count). The Balaban J connectivity index is 2.42. The topological polar surface area (TPSA) is 41.1 Å². The van der Waals surface area contributed by atoms with Gasteiger partial charge in [-0.2, -0.15) is 0 Å². The van der Waals surface area contributed by atoms with Gasteiger partial charge < -0.3 is 10.6 Å². The molecule has 0 saturated heterocycles. The second-order valence-electron chi connectivity index (χ2n) is 4.08. The summed E-state index contributed by atoms with van der Waals surface area (Å²) >= 11 is 0. The highest BCUT2D eigenvalue weighted by Crippen LogP contribution is 2.09. The summed E-state index contributed by atoms with van der Waals surface area (Å²) in [5.41, 5.74) is 2.05. The van der Waals surface area contributed by atoms with Crippen molar-refractivity contribution in [3.63, 3.8) is 0 Å². The molecular weight excluding hydrogens is 200 g/mol. The van der Waals surface area contributed by atoms with Crippen LogP contribution >= 0.6 is 0 Å². The fourth-order valence-electron chi connectivity index (χ4n) is 1.55. The molecule has 2 N–H and O–H groups in total. The summed E-state index contributed by atoms with van der Waals surface area (Å²) in [6.45, 7) is 6.96. The summed E-state index contributed by atoms with van der Waals surface area (Å²) in [5.74, 6) is 0.0531. The Labute approximate surface area is 97.2 Å². The Kier molecular flexibility index (Phi) is 4.99. The van der Waals surface area contributed by atoms with Crippen LogP contribution in [-0.2, 0) is 4.79 Å². The van der Waals surface area contributed by atoms with Crippen molar-refractivity contribution < 1.29 is 4.79 Å². The van der Waals surface area contributed by atoms with Crippen molar-refractivity contribution >= 4 is 11.6 Å². The summed E-state index contributed by atoms with van der Waals surface area (Å²) in [7, 11) is 0. The van der Waals surface area contributed by atoms with Gasteiger partial charge in [-0.25, -0.2) is 0 Å². The molecule has 88 valence electrons. The molecule has 1 aromatic rings. The number of amides is 1. The number of anilines is 1. The Morgan fingerprint density at radius 2 is 1.94 bits per heavy atom. The van der Waals surface area contributed by atoms with Crippen molar-refractivity contribution in [3.8, 4) is 0 Å². The van der Waals surface area contributed by atoms with Gasteiger partial charge in [0.15, 0.2) is 0 Å². The van der Waals surface area contributed by atoms with Crippen LogP contribution in [0.3, 0.4) is 0 Å². The van der Waals surface area contributed by atoms with Gasteiger partial charge in [-0.1, -0.05) is 24.6 Å². The predicted molar refractivity (Wildman–Crippen MR) is 67.6 cm³/mol. The lowest BCUT2D eigenvalue weighted by Gasteiger charge is -2.12. The predicted octanol–water partition coefficient (Wildman–Crippen LogP) is 2.32. The quantitative estimate of drug-likeness (QED) is 0.799. The molecule has 3 heteroatoms. The second-order valence-corrected chi connectivity index (χ2v) is 4.08. The highest BCUT2D eigenvalue weighted by molar-refractivity contribution is 5.91. The molecule has 0 bridgehead atoms. The minimum Gasteiger partial charge on any atom is -0.326 e. The first kappa shape index (κ1) is 12.7. The number of benzene rings is 1. The van der Waals surface area contributed by atoms with Crippen molar-refractivity contribution in [2.45, 2.75) is 33.2 Å². The van der Waals surface area contributed by atoms with E-state index in [1.165, 1.54) is 5.56 Å². The van der Waals surface area contributed by atoms with Gasteiger partial charge in [0.1, 0.15) is 0 Å². The third-order valence-corrected chi connectivity index (χ3v) is 2.38. The van der Waals surface area contributed by atoms with Crippen LogP contribution in [0, 0.1) is 6.92 Å². The highest BCUT2D eigenvalue weighted by Gasteiger charge is 2.07. The molecule has 0 aromatic heterocycles. The van der Waals surface area contributed by atoms with Crippen molar-refractivity contribution in [3.05, 3.63) is 29.8 Å². The van der Waals surface area contributed by atoms with Crippen molar-refractivity contribution in [1.82, 2.24) is 5.32 Å². The fraction of sp³-hybridized carbons (Fsp3) is 0.462. The van der Waals surface area contributed by atoms with E-state index in [1.54, 1.807) is 0 Å². The molecule has 0 radical (unpaired) electrons. The van der Waals surface area contributed by atoms with E-state index in [2.05, 4.69) is 10.6 Å². The molecule has 0 saturated carbocycles. The van der Waals surface area contributed by atoms with Crippen LogP contribution < -0.4 is 10.6 Å². The van der Waals surface area contributed by atoms with E-state index in [4.69, 9.17) is 0 Å². The number of hydrogen-bond donors (Lipinski definition) is 2. The van der Waals surface area contributed by atoms with Gasteiger partial charge in [0.05, 0.1) is 0 Å². The lowest BCUT2D eigenvalue weighted by atomic mass is 10.2. The summed E-state index contributed by atoms with van der Waals surface area (Å²) in [6, 6.07) is 8.04. The third-order valence-electron chi connectivity index (χ3n) is 2.38. The fourth-order valence-corrected chi connectivity index (χ4v) is 1.55. The van der Waals surface area contributed by atoms with Crippen molar-refractivity contribution in [2.75, 3.05) is 11.9 Å². The van der Waals surface area contributed by atoms with E-state index in [0.29, 0.717) is 6.42 Å². The van der Waals surface area contributed by atoms with Gasteiger partial charge in [0.2, 0.25) is 5.91 Å². The molecule has 16 heavy (non-hydrogen) atoms. The first-order valence-corrected chi connectivity index (χ1v) is 5.71. The van der Waals surface area contributed by atoms with E-state index < -0.39 is 0 Å². The smallest absolute Gasteiger partial charge is 0.225 e. The molecule has 3 nitrogen and oxygen atoms in total. The van der Waals surface area contributed by atoms with Crippen molar-refractivity contribution in [2.24, 2.45) is 0 Å². The maximum atomic E-state index is 11.6. The Morgan fingerprint density at radius 3 is 2.50 bits per heavy atom. The maximum absolute atomic E-state index is 11.6. The largest absolute Gasteiger partial charge is 0.326 e. The number of rotatable bonds is 5. The number of carbonyl (C=O) groups is 1. The molecule has 1 unspecified atom stereocenters. The van der Waals surface area contributed by atoms with Crippen LogP contribution in [0.15, 0.2) is 24.3 Å². The van der Waals surface area contributed by atoms with E-state index in [1.807, 2.05) is 45.0 Å². The highest BCUT2D eigenvalue weighted by atomic mass is 16.1. The van der Waals surface area contributed by atoms with Crippen LogP contribution in [0.5, 0.6) is 0 Å². The molecule has 0 heterocycles. The zero-order chi connectivity index (χ0) is 12.0. The molecule has 1 amide bonds. The molecule has 0 aliphatic rings. The molecule has 0 aliphatic carbocycles. The average Bonchev–Trinajstić information content (AvgIpc) is 2.21. The van der Waals surface area contributed by atoms with Gasteiger partial charge in [-0.05, 0) is 32.5 Å². The van der Waals surface area contributed by atoms with E-state index in [0.717, 1.165) is 12.2 Å². The monoisotopic (exact) mass is 220 g/mol. The summed E-state index contributed by atoms with van der Waals surface area (Å²) in [5, 5.41) is 6.09. The molecule has 0 aliphatic heterocycles. The normalized spacial score (nSPS) is 12.2. The van der Waals surface area contributed by atoms with E-state index >= 15 is 0 Å². The zero-order valence-corrected chi connectivity index (χ0v) is 10.2. The van der Waals surface area contributed by atoms with Gasteiger partial charge in [0, 0.05) is 18.2 Å². The summed E-state index contributed by atoms with van der Waals surface area (Å²) in [4.78, 5) is 11.6. The average molecular weight is 220 g/mol. The van der Waals surface area contributed by atoms with Gasteiger partial charge in [-0.15, -0.1) is 0 Å². The maximum Gasteiger partial charge on any atom is 0.225 e.